The molecule has 0 atom stereocenters. The number of halogens is 1. The van der Waals surface area contributed by atoms with Crippen molar-refractivity contribution in [1.29, 1.82) is 0 Å². The van der Waals surface area contributed by atoms with Crippen molar-refractivity contribution < 1.29 is 14.1 Å². The smallest absolute Gasteiger partial charge is 0.270 e. The molecule has 1 N–H and O–H groups in total. The van der Waals surface area contributed by atoms with E-state index >= 15 is 0 Å². The molecule has 28 heavy (non-hydrogen) atoms. The number of nitro benzene ring substituents is 1. The van der Waals surface area contributed by atoms with Crippen LogP contribution in [0.25, 0.3) is 22.6 Å². The molecule has 1 heterocycles. The summed E-state index contributed by atoms with van der Waals surface area (Å²) in [7, 11) is 0. The summed E-state index contributed by atoms with van der Waals surface area (Å²) in [6, 6.07) is 18.2. The standard InChI is InChI=1S/C20H12ClN3O4/c21-16-8-7-14(24(26)27)11-15(16)19(25)22-13-6-9-18-17(10-13)23-20(28-18)12-4-2-1-3-5-12/h1-11H,(H,22,25). The minimum atomic E-state index is -0.584. The summed E-state index contributed by atoms with van der Waals surface area (Å²) in [5.41, 5.74) is 2.25. The Morgan fingerprint density at radius 1 is 1.07 bits per heavy atom. The van der Waals surface area contributed by atoms with Gasteiger partial charge in [-0.15, -0.1) is 0 Å². The Labute approximate surface area is 163 Å². The number of rotatable bonds is 4. The Hall–Kier alpha value is -3.71. The topological polar surface area (TPSA) is 98.3 Å². The first-order valence-electron chi connectivity index (χ1n) is 8.22. The average Bonchev–Trinajstić information content (AvgIpc) is 3.12. The Morgan fingerprint density at radius 3 is 2.61 bits per heavy atom. The van der Waals surface area contributed by atoms with Gasteiger partial charge in [0.2, 0.25) is 5.89 Å². The molecular weight excluding hydrogens is 382 g/mol. The van der Waals surface area contributed by atoms with Gasteiger partial charge in [-0.3, -0.25) is 14.9 Å². The third-order valence-electron chi connectivity index (χ3n) is 4.07. The molecule has 0 radical (unpaired) electrons. The predicted octanol–water partition coefficient (Wildman–Crippen LogP) is 5.31. The molecule has 3 aromatic carbocycles. The lowest BCUT2D eigenvalue weighted by Gasteiger charge is -2.06. The van der Waals surface area contributed by atoms with Crippen LogP contribution in [0.4, 0.5) is 11.4 Å². The molecule has 138 valence electrons. The second-order valence-corrected chi connectivity index (χ2v) is 6.35. The maximum absolute atomic E-state index is 12.5. The molecule has 8 heteroatoms. The number of carbonyl (C=O) groups excluding carboxylic acids is 1. The van der Waals surface area contributed by atoms with Crippen LogP contribution in [0.1, 0.15) is 10.4 Å². The summed E-state index contributed by atoms with van der Waals surface area (Å²) < 4.78 is 5.74. The molecule has 0 unspecified atom stereocenters. The van der Waals surface area contributed by atoms with Gasteiger partial charge in [0, 0.05) is 23.4 Å². The Bertz CT molecular complexity index is 1200. The minimum absolute atomic E-state index is 0.0149. The number of nitro groups is 1. The number of benzene rings is 3. The second-order valence-electron chi connectivity index (χ2n) is 5.94. The van der Waals surface area contributed by atoms with Crippen LogP contribution >= 0.6 is 11.6 Å². The molecule has 0 saturated carbocycles. The number of oxazole rings is 1. The highest BCUT2D eigenvalue weighted by Crippen LogP contribution is 2.27. The zero-order chi connectivity index (χ0) is 19.7. The monoisotopic (exact) mass is 393 g/mol. The lowest BCUT2D eigenvalue weighted by atomic mass is 10.2. The molecule has 0 bridgehead atoms. The van der Waals surface area contributed by atoms with Crippen LogP contribution in [-0.2, 0) is 0 Å². The van der Waals surface area contributed by atoms with Crippen molar-refractivity contribution in [3.05, 3.63) is 87.4 Å². The van der Waals surface area contributed by atoms with E-state index in [1.807, 2.05) is 30.3 Å². The first-order valence-corrected chi connectivity index (χ1v) is 8.60. The van der Waals surface area contributed by atoms with Crippen molar-refractivity contribution in [1.82, 2.24) is 4.98 Å². The van der Waals surface area contributed by atoms with E-state index in [1.165, 1.54) is 12.1 Å². The highest BCUT2D eigenvalue weighted by Gasteiger charge is 2.17. The number of amides is 1. The van der Waals surface area contributed by atoms with Gasteiger partial charge in [-0.1, -0.05) is 29.8 Å². The molecule has 1 aromatic heterocycles. The molecule has 4 aromatic rings. The van der Waals surface area contributed by atoms with E-state index in [4.69, 9.17) is 16.0 Å². The van der Waals surface area contributed by atoms with Gasteiger partial charge in [-0.05, 0) is 36.4 Å². The van der Waals surface area contributed by atoms with Gasteiger partial charge in [0.1, 0.15) is 5.52 Å². The molecule has 4 rings (SSSR count). The summed E-state index contributed by atoms with van der Waals surface area (Å²) in [6.07, 6.45) is 0. The normalized spacial score (nSPS) is 10.8. The summed E-state index contributed by atoms with van der Waals surface area (Å²) in [4.78, 5) is 27.3. The van der Waals surface area contributed by atoms with Crippen LogP contribution in [0.5, 0.6) is 0 Å². The SMILES string of the molecule is O=C(Nc1ccc2oc(-c3ccccc3)nc2c1)c1cc([N+](=O)[O-])ccc1Cl. The highest BCUT2D eigenvalue weighted by atomic mass is 35.5. The number of nitrogens with one attached hydrogen (secondary N) is 1. The molecule has 0 saturated heterocycles. The average molecular weight is 394 g/mol. The fourth-order valence-corrected chi connectivity index (χ4v) is 2.91. The quantitative estimate of drug-likeness (QED) is 0.374. The van der Waals surface area contributed by atoms with E-state index in [-0.39, 0.29) is 16.3 Å². The van der Waals surface area contributed by atoms with Crippen molar-refractivity contribution in [2.75, 3.05) is 5.32 Å². The van der Waals surface area contributed by atoms with E-state index < -0.39 is 10.8 Å². The van der Waals surface area contributed by atoms with E-state index in [0.29, 0.717) is 22.7 Å². The highest BCUT2D eigenvalue weighted by molar-refractivity contribution is 6.34. The number of anilines is 1. The lowest BCUT2D eigenvalue weighted by Crippen LogP contribution is -2.12. The van der Waals surface area contributed by atoms with Gasteiger partial charge in [0.05, 0.1) is 15.5 Å². The first kappa shape index (κ1) is 17.7. The zero-order valence-electron chi connectivity index (χ0n) is 14.3. The molecule has 0 aliphatic carbocycles. The number of hydrogen-bond acceptors (Lipinski definition) is 5. The molecule has 0 spiro atoms. The summed E-state index contributed by atoms with van der Waals surface area (Å²) in [6.45, 7) is 0. The van der Waals surface area contributed by atoms with Crippen molar-refractivity contribution in [2.45, 2.75) is 0 Å². The summed E-state index contributed by atoms with van der Waals surface area (Å²) in [5, 5.41) is 13.7. The van der Waals surface area contributed by atoms with Gasteiger partial charge in [-0.2, -0.15) is 0 Å². The van der Waals surface area contributed by atoms with Crippen molar-refractivity contribution in [2.24, 2.45) is 0 Å². The maximum Gasteiger partial charge on any atom is 0.270 e. The van der Waals surface area contributed by atoms with Gasteiger partial charge in [-0.25, -0.2) is 4.98 Å². The summed E-state index contributed by atoms with van der Waals surface area (Å²) >= 11 is 6.02. The van der Waals surface area contributed by atoms with Gasteiger partial charge in [0.15, 0.2) is 5.58 Å². The number of hydrogen-bond donors (Lipinski definition) is 1. The number of fused-ring (bicyclic) bond motifs is 1. The number of non-ortho nitro benzene ring substituents is 1. The minimum Gasteiger partial charge on any atom is -0.436 e. The Balaban J connectivity index is 1.62. The fourth-order valence-electron chi connectivity index (χ4n) is 2.71. The maximum atomic E-state index is 12.5. The van der Waals surface area contributed by atoms with E-state index in [1.54, 1.807) is 18.2 Å². The van der Waals surface area contributed by atoms with Crippen LogP contribution < -0.4 is 5.32 Å². The number of carbonyl (C=O) groups is 1. The van der Waals surface area contributed by atoms with E-state index in [2.05, 4.69) is 10.3 Å². The molecule has 0 fully saturated rings. The van der Waals surface area contributed by atoms with Crippen LogP contribution in [0, 0.1) is 10.1 Å². The Morgan fingerprint density at radius 2 is 1.86 bits per heavy atom. The van der Waals surface area contributed by atoms with Crippen LogP contribution in [-0.4, -0.2) is 15.8 Å². The third-order valence-corrected chi connectivity index (χ3v) is 4.40. The Kier molecular flexibility index (Phi) is 4.50. The van der Waals surface area contributed by atoms with Crippen LogP contribution in [0.3, 0.4) is 0 Å². The molecule has 7 nitrogen and oxygen atoms in total. The van der Waals surface area contributed by atoms with Crippen molar-refractivity contribution in [3.8, 4) is 11.5 Å². The van der Waals surface area contributed by atoms with Gasteiger partial charge >= 0.3 is 0 Å². The molecule has 0 aliphatic heterocycles. The zero-order valence-corrected chi connectivity index (χ0v) is 15.0. The lowest BCUT2D eigenvalue weighted by molar-refractivity contribution is -0.384. The molecule has 0 aliphatic rings. The van der Waals surface area contributed by atoms with E-state index in [9.17, 15) is 14.9 Å². The van der Waals surface area contributed by atoms with Crippen molar-refractivity contribution >= 4 is 40.0 Å². The first-order chi connectivity index (χ1) is 13.5. The molecular formula is C20H12ClN3O4. The van der Waals surface area contributed by atoms with Gasteiger partial charge in [0.25, 0.3) is 11.6 Å². The largest absolute Gasteiger partial charge is 0.436 e. The van der Waals surface area contributed by atoms with Crippen LogP contribution in [0.2, 0.25) is 5.02 Å². The second kappa shape index (κ2) is 7.13. The van der Waals surface area contributed by atoms with Crippen molar-refractivity contribution in [3.63, 3.8) is 0 Å². The number of nitrogens with zero attached hydrogens (tertiary/aromatic N) is 2. The predicted molar refractivity (Wildman–Crippen MR) is 106 cm³/mol. The number of aromatic nitrogens is 1. The van der Waals surface area contributed by atoms with E-state index in [0.717, 1.165) is 11.6 Å². The summed E-state index contributed by atoms with van der Waals surface area (Å²) in [5.74, 6) is -0.0827. The third kappa shape index (κ3) is 3.43. The fraction of sp³-hybridized carbons (Fsp3) is 0. The van der Waals surface area contributed by atoms with Crippen LogP contribution in [0.15, 0.2) is 71.1 Å². The van der Waals surface area contributed by atoms with Gasteiger partial charge < -0.3 is 9.73 Å². The molecule has 1 amide bonds.